The monoisotopic (exact) mass is 241 g/mol. The van der Waals surface area contributed by atoms with E-state index in [1.807, 2.05) is 0 Å². The van der Waals surface area contributed by atoms with Crippen molar-refractivity contribution in [1.82, 2.24) is 5.32 Å². The molecule has 0 aromatic carbocycles. The predicted octanol–water partition coefficient (Wildman–Crippen LogP) is 1.39. The molecule has 0 aliphatic heterocycles. The molecule has 0 amide bonds. The van der Waals surface area contributed by atoms with E-state index in [9.17, 15) is 9.90 Å². The summed E-state index contributed by atoms with van der Waals surface area (Å²) < 4.78 is 4.87. The number of rotatable bonds is 6. The van der Waals surface area contributed by atoms with Gasteiger partial charge in [0.2, 0.25) is 0 Å². The van der Waals surface area contributed by atoms with Gasteiger partial charge in [0, 0.05) is 17.7 Å². The number of ether oxygens (including phenoxy) is 1. The third-order valence-electron chi connectivity index (χ3n) is 3.35. The Morgan fingerprint density at radius 1 is 1.41 bits per heavy atom. The average molecular weight is 241 g/mol. The summed E-state index contributed by atoms with van der Waals surface area (Å²) in [7, 11) is 0. The molecule has 98 valence electrons. The zero-order valence-electron chi connectivity index (χ0n) is 10.6. The molecule has 1 rings (SSSR count). The number of hydrogen-bond donors (Lipinski definition) is 2. The van der Waals surface area contributed by atoms with Crippen LogP contribution in [0.1, 0.15) is 39.0 Å². The summed E-state index contributed by atoms with van der Waals surface area (Å²) in [4.78, 5) is 11.4. The lowest BCUT2D eigenvalue weighted by atomic mass is 9.82. The van der Waals surface area contributed by atoms with Crippen LogP contribution in [0.5, 0.6) is 0 Å². The van der Waals surface area contributed by atoms with E-state index < -0.39 is 0 Å². The summed E-state index contributed by atoms with van der Waals surface area (Å²) in [5.74, 6) is -0.358. The molecular formula is C13H23NO3. The van der Waals surface area contributed by atoms with Gasteiger partial charge in [-0.1, -0.05) is 25.8 Å². The minimum absolute atomic E-state index is 0.114. The standard InChI is InChI=1S/C13H23NO3/c1-3-17-12(16)11(2)9-14-13(10-15)7-5-4-6-8-13/h14-15H,2-10H2,1H3. The second-order valence-electron chi connectivity index (χ2n) is 4.68. The van der Waals surface area contributed by atoms with Crippen LogP contribution >= 0.6 is 0 Å². The Hall–Kier alpha value is -0.870. The van der Waals surface area contributed by atoms with Crippen molar-refractivity contribution in [1.29, 1.82) is 0 Å². The van der Waals surface area contributed by atoms with Gasteiger partial charge in [-0.2, -0.15) is 0 Å². The number of carbonyl (C=O) groups is 1. The molecule has 1 saturated carbocycles. The highest BCUT2D eigenvalue weighted by atomic mass is 16.5. The van der Waals surface area contributed by atoms with Crippen molar-refractivity contribution < 1.29 is 14.6 Å². The number of nitrogens with one attached hydrogen (secondary N) is 1. The molecule has 0 heterocycles. The van der Waals surface area contributed by atoms with Gasteiger partial charge in [-0.25, -0.2) is 4.79 Å². The third kappa shape index (κ3) is 4.13. The van der Waals surface area contributed by atoms with Crippen molar-refractivity contribution in [3.8, 4) is 0 Å². The van der Waals surface area contributed by atoms with Crippen molar-refractivity contribution in [2.75, 3.05) is 19.8 Å². The zero-order chi connectivity index (χ0) is 12.7. The van der Waals surface area contributed by atoms with E-state index in [-0.39, 0.29) is 18.1 Å². The lowest BCUT2D eigenvalue weighted by Crippen LogP contribution is -2.50. The van der Waals surface area contributed by atoms with E-state index in [1.54, 1.807) is 6.92 Å². The van der Waals surface area contributed by atoms with E-state index in [0.717, 1.165) is 25.7 Å². The molecule has 1 aliphatic carbocycles. The molecule has 1 fully saturated rings. The van der Waals surface area contributed by atoms with Crippen LogP contribution in [-0.2, 0) is 9.53 Å². The van der Waals surface area contributed by atoms with E-state index >= 15 is 0 Å². The van der Waals surface area contributed by atoms with Gasteiger partial charge in [-0.05, 0) is 19.8 Å². The molecule has 0 spiro atoms. The molecule has 4 nitrogen and oxygen atoms in total. The highest BCUT2D eigenvalue weighted by molar-refractivity contribution is 5.88. The molecule has 0 aromatic heterocycles. The first-order valence-corrected chi connectivity index (χ1v) is 6.34. The SMILES string of the molecule is C=C(CNC1(CO)CCCCC1)C(=O)OCC. The fourth-order valence-electron chi connectivity index (χ4n) is 2.22. The molecule has 4 heteroatoms. The molecule has 0 atom stereocenters. The molecule has 1 aliphatic rings. The van der Waals surface area contributed by atoms with Gasteiger partial charge in [0.1, 0.15) is 0 Å². The Bertz CT molecular complexity index is 270. The van der Waals surface area contributed by atoms with E-state index in [2.05, 4.69) is 11.9 Å². The Labute approximate surface area is 103 Å². The number of esters is 1. The van der Waals surface area contributed by atoms with Crippen LogP contribution < -0.4 is 5.32 Å². The van der Waals surface area contributed by atoms with E-state index in [4.69, 9.17) is 4.74 Å². The van der Waals surface area contributed by atoms with Crippen molar-refractivity contribution in [3.63, 3.8) is 0 Å². The minimum Gasteiger partial charge on any atom is -0.463 e. The lowest BCUT2D eigenvalue weighted by molar-refractivity contribution is -0.138. The van der Waals surface area contributed by atoms with Gasteiger partial charge < -0.3 is 15.2 Å². The maximum Gasteiger partial charge on any atom is 0.334 e. The maximum absolute atomic E-state index is 11.4. The van der Waals surface area contributed by atoms with Gasteiger partial charge in [0.25, 0.3) is 0 Å². The van der Waals surface area contributed by atoms with Crippen molar-refractivity contribution in [2.45, 2.75) is 44.6 Å². The summed E-state index contributed by atoms with van der Waals surface area (Å²) in [6.45, 7) is 6.34. The Kier molecular flexibility index (Phi) is 5.65. The summed E-state index contributed by atoms with van der Waals surface area (Å²) in [5, 5.41) is 12.8. The second-order valence-corrected chi connectivity index (χ2v) is 4.68. The van der Waals surface area contributed by atoms with Crippen molar-refractivity contribution in [3.05, 3.63) is 12.2 Å². The fourth-order valence-corrected chi connectivity index (χ4v) is 2.22. The van der Waals surface area contributed by atoms with Crippen LogP contribution in [-0.4, -0.2) is 36.4 Å². The molecule has 0 unspecified atom stereocenters. The first-order valence-electron chi connectivity index (χ1n) is 6.34. The Morgan fingerprint density at radius 2 is 2.06 bits per heavy atom. The van der Waals surface area contributed by atoms with Gasteiger partial charge in [-0.15, -0.1) is 0 Å². The highest BCUT2D eigenvalue weighted by Gasteiger charge is 2.31. The van der Waals surface area contributed by atoms with Crippen LogP contribution in [0.2, 0.25) is 0 Å². The zero-order valence-corrected chi connectivity index (χ0v) is 10.6. The maximum atomic E-state index is 11.4. The molecule has 17 heavy (non-hydrogen) atoms. The topological polar surface area (TPSA) is 58.6 Å². The van der Waals surface area contributed by atoms with Crippen LogP contribution in [0.3, 0.4) is 0 Å². The highest BCUT2D eigenvalue weighted by Crippen LogP contribution is 2.27. The smallest absolute Gasteiger partial charge is 0.334 e. The minimum atomic E-state index is -0.358. The quantitative estimate of drug-likeness (QED) is 0.545. The van der Waals surface area contributed by atoms with Gasteiger partial charge in [0.15, 0.2) is 0 Å². The average Bonchev–Trinajstić information content (AvgIpc) is 2.37. The molecule has 0 radical (unpaired) electrons. The first kappa shape index (κ1) is 14.2. The Morgan fingerprint density at radius 3 is 2.59 bits per heavy atom. The second kappa shape index (κ2) is 6.77. The van der Waals surface area contributed by atoms with Gasteiger partial charge in [0.05, 0.1) is 13.2 Å². The summed E-state index contributed by atoms with van der Waals surface area (Å²) in [6.07, 6.45) is 5.39. The van der Waals surface area contributed by atoms with Crippen LogP contribution in [0, 0.1) is 0 Å². The number of carbonyl (C=O) groups excluding carboxylic acids is 1. The van der Waals surface area contributed by atoms with E-state index in [0.29, 0.717) is 18.7 Å². The predicted molar refractivity (Wildman–Crippen MR) is 66.7 cm³/mol. The van der Waals surface area contributed by atoms with Crippen molar-refractivity contribution in [2.24, 2.45) is 0 Å². The first-order chi connectivity index (χ1) is 8.13. The Balaban J connectivity index is 2.41. The van der Waals surface area contributed by atoms with Crippen LogP contribution in [0.15, 0.2) is 12.2 Å². The lowest BCUT2D eigenvalue weighted by Gasteiger charge is -2.36. The summed E-state index contributed by atoms with van der Waals surface area (Å²) in [6, 6.07) is 0. The third-order valence-corrected chi connectivity index (χ3v) is 3.35. The summed E-state index contributed by atoms with van der Waals surface area (Å²) >= 11 is 0. The number of aliphatic hydroxyl groups excluding tert-OH is 1. The molecular weight excluding hydrogens is 218 g/mol. The normalized spacial score (nSPS) is 18.7. The number of hydrogen-bond acceptors (Lipinski definition) is 4. The van der Waals surface area contributed by atoms with Crippen molar-refractivity contribution >= 4 is 5.97 Å². The molecule has 0 aromatic rings. The fraction of sp³-hybridized carbons (Fsp3) is 0.769. The largest absolute Gasteiger partial charge is 0.463 e. The van der Waals surface area contributed by atoms with E-state index in [1.165, 1.54) is 6.42 Å². The molecule has 2 N–H and O–H groups in total. The number of aliphatic hydroxyl groups is 1. The molecule has 0 saturated heterocycles. The van der Waals surface area contributed by atoms with Gasteiger partial charge >= 0.3 is 5.97 Å². The van der Waals surface area contributed by atoms with Gasteiger partial charge in [-0.3, -0.25) is 0 Å². The van der Waals surface area contributed by atoms with Crippen LogP contribution in [0.4, 0.5) is 0 Å². The van der Waals surface area contributed by atoms with Crippen LogP contribution in [0.25, 0.3) is 0 Å². The molecule has 0 bridgehead atoms. The summed E-state index contributed by atoms with van der Waals surface area (Å²) in [5.41, 5.74) is 0.193.